The molecule has 0 spiro atoms. The highest BCUT2D eigenvalue weighted by molar-refractivity contribution is 5.94. The van der Waals surface area contributed by atoms with Gasteiger partial charge in [0, 0.05) is 12.1 Å². The third kappa shape index (κ3) is 7.07. The van der Waals surface area contributed by atoms with E-state index in [2.05, 4.69) is 5.32 Å². The molecule has 0 radical (unpaired) electrons. The average molecular weight is 295 g/mol. The lowest BCUT2D eigenvalue weighted by Crippen LogP contribution is -2.32. The number of benzene rings is 1. The molecule has 0 aliphatic rings. The van der Waals surface area contributed by atoms with Crippen molar-refractivity contribution in [1.82, 2.24) is 5.32 Å². The van der Waals surface area contributed by atoms with Gasteiger partial charge in [0.1, 0.15) is 12.4 Å². The summed E-state index contributed by atoms with van der Waals surface area (Å²) in [5, 5.41) is 10.9. The van der Waals surface area contributed by atoms with Gasteiger partial charge in [-0.15, -0.1) is 0 Å². The summed E-state index contributed by atoms with van der Waals surface area (Å²) in [6.07, 6.45) is 0. The number of rotatable bonds is 9. The number of carboxylic acid groups (broad SMARTS) is 1. The average Bonchev–Trinajstić information content (AvgIpc) is 2.44. The van der Waals surface area contributed by atoms with Crippen LogP contribution in [-0.4, -0.2) is 49.1 Å². The first-order valence-corrected chi connectivity index (χ1v) is 6.29. The molecule has 2 N–H and O–H groups in total. The van der Waals surface area contributed by atoms with Crippen molar-refractivity contribution in [3.63, 3.8) is 0 Å². The first-order chi connectivity index (χ1) is 9.99. The van der Waals surface area contributed by atoms with E-state index in [1.165, 1.54) is 6.92 Å². The Morgan fingerprint density at radius 2 is 2.00 bits per heavy atom. The number of Topliss-reactive ketones (excluding diaryl/α,β-unsaturated/α-hetero) is 1. The van der Waals surface area contributed by atoms with Crippen molar-refractivity contribution < 1.29 is 29.0 Å². The van der Waals surface area contributed by atoms with Crippen molar-refractivity contribution in [2.24, 2.45) is 0 Å². The lowest BCUT2D eigenvalue weighted by molar-refractivity contribution is -0.142. The molecule has 114 valence electrons. The maximum absolute atomic E-state index is 11.5. The molecule has 0 saturated carbocycles. The molecule has 0 aliphatic heterocycles. The van der Waals surface area contributed by atoms with Crippen molar-refractivity contribution in [1.29, 1.82) is 0 Å². The Hall–Kier alpha value is -2.41. The Balaban J connectivity index is 2.25. The number of carbonyl (C=O) groups excluding carboxylic acids is 2. The standard InChI is InChI=1S/C14H17NO6/c1-10(16)11-3-2-4-12(7-11)21-8-13(17)15-5-6-20-9-14(18)19/h2-4,7H,5-6,8-9H2,1H3,(H,15,17)(H,18,19). The number of hydrogen-bond donors (Lipinski definition) is 2. The number of ketones is 1. The lowest BCUT2D eigenvalue weighted by atomic mass is 10.1. The minimum absolute atomic E-state index is 0.0829. The van der Waals surface area contributed by atoms with E-state index in [0.717, 1.165) is 0 Å². The predicted molar refractivity (Wildman–Crippen MR) is 73.4 cm³/mol. The zero-order valence-electron chi connectivity index (χ0n) is 11.6. The van der Waals surface area contributed by atoms with Gasteiger partial charge in [-0.1, -0.05) is 12.1 Å². The highest BCUT2D eigenvalue weighted by Crippen LogP contribution is 2.13. The number of carboxylic acids is 1. The summed E-state index contributed by atoms with van der Waals surface area (Å²) < 4.78 is 10.0. The van der Waals surface area contributed by atoms with Crippen molar-refractivity contribution in [2.75, 3.05) is 26.4 Å². The topological polar surface area (TPSA) is 102 Å². The Kier molecular flexibility index (Phi) is 6.90. The monoisotopic (exact) mass is 295 g/mol. The van der Waals surface area contributed by atoms with Crippen LogP contribution in [0.3, 0.4) is 0 Å². The third-order valence-electron chi connectivity index (χ3n) is 2.40. The summed E-state index contributed by atoms with van der Waals surface area (Å²) in [5.74, 6) is -1.07. The van der Waals surface area contributed by atoms with Crippen LogP contribution in [-0.2, 0) is 14.3 Å². The number of aliphatic carboxylic acids is 1. The summed E-state index contributed by atoms with van der Waals surface area (Å²) in [6.45, 7) is 1.16. The van der Waals surface area contributed by atoms with Gasteiger partial charge in [0.25, 0.3) is 5.91 Å². The molecule has 0 bridgehead atoms. The molecule has 7 heteroatoms. The zero-order chi connectivity index (χ0) is 15.7. The van der Waals surface area contributed by atoms with Crippen molar-refractivity contribution in [2.45, 2.75) is 6.92 Å². The van der Waals surface area contributed by atoms with Gasteiger partial charge in [-0.25, -0.2) is 4.79 Å². The molecular weight excluding hydrogens is 278 g/mol. The highest BCUT2D eigenvalue weighted by Gasteiger charge is 2.05. The lowest BCUT2D eigenvalue weighted by Gasteiger charge is -2.08. The molecule has 21 heavy (non-hydrogen) atoms. The van der Waals surface area contributed by atoms with Gasteiger partial charge in [-0.3, -0.25) is 9.59 Å². The molecule has 7 nitrogen and oxygen atoms in total. The summed E-state index contributed by atoms with van der Waals surface area (Å²) in [4.78, 5) is 32.8. The minimum atomic E-state index is -1.06. The summed E-state index contributed by atoms with van der Waals surface area (Å²) in [7, 11) is 0. The molecule has 1 aromatic rings. The second kappa shape index (κ2) is 8.70. The number of nitrogens with one attached hydrogen (secondary N) is 1. The second-order valence-corrected chi connectivity index (χ2v) is 4.17. The van der Waals surface area contributed by atoms with Crippen LogP contribution in [0.5, 0.6) is 5.75 Å². The molecule has 0 aliphatic carbocycles. The Labute approximate surface area is 121 Å². The van der Waals surface area contributed by atoms with E-state index in [4.69, 9.17) is 14.6 Å². The predicted octanol–water partition coefficient (Wildman–Crippen LogP) is 0.485. The van der Waals surface area contributed by atoms with Gasteiger partial charge in [0.05, 0.1) is 6.61 Å². The molecule has 0 fully saturated rings. The van der Waals surface area contributed by atoms with Crippen LogP contribution in [0.25, 0.3) is 0 Å². The molecule has 0 heterocycles. The van der Waals surface area contributed by atoms with E-state index in [-0.39, 0.29) is 31.4 Å². The molecule has 1 amide bonds. The smallest absolute Gasteiger partial charge is 0.329 e. The quantitative estimate of drug-likeness (QED) is 0.507. The molecule has 0 atom stereocenters. The van der Waals surface area contributed by atoms with Gasteiger partial charge >= 0.3 is 5.97 Å². The van der Waals surface area contributed by atoms with E-state index < -0.39 is 12.6 Å². The van der Waals surface area contributed by atoms with Crippen LogP contribution in [0.2, 0.25) is 0 Å². The first-order valence-electron chi connectivity index (χ1n) is 6.29. The molecule has 1 aromatic carbocycles. The van der Waals surface area contributed by atoms with Crippen LogP contribution < -0.4 is 10.1 Å². The van der Waals surface area contributed by atoms with Crippen LogP contribution in [0.15, 0.2) is 24.3 Å². The van der Waals surface area contributed by atoms with Gasteiger partial charge in [-0.2, -0.15) is 0 Å². The Bertz CT molecular complexity index is 514. The maximum Gasteiger partial charge on any atom is 0.329 e. The molecule has 0 aromatic heterocycles. The summed E-state index contributed by atoms with van der Waals surface area (Å²) in [6, 6.07) is 6.54. The zero-order valence-corrected chi connectivity index (χ0v) is 11.6. The van der Waals surface area contributed by atoms with E-state index in [1.807, 2.05) is 0 Å². The molecule has 1 rings (SSSR count). The number of hydrogen-bond acceptors (Lipinski definition) is 5. The van der Waals surface area contributed by atoms with Crippen molar-refractivity contribution >= 4 is 17.7 Å². The van der Waals surface area contributed by atoms with Crippen molar-refractivity contribution in [3.8, 4) is 5.75 Å². The fraction of sp³-hybridized carbons (Fsp3) is 0.357. The molecule has 0 saturated heterocycles. The third-order valence-corrected chi connectivity index (χ3v) is 2.40. The van der Waals surface area contributed by atoms with Gasteiger partial charge in [0.2, 0.25) is 0 Å². The van der Waals surface area contributed by atoms with Crippen LogP contribution >= 0.6 is 0 Å². The fourth-order valence-electron chi connectivity index (χ4n) is 1.43. The largest absolute Gasteiger partial charge is 0.484 e. The van der Waals surface area contributed by atoms with E-state index in [9.17, 15) is 14.4 Å². The van der Waals surface area contributed by atoms with Crippen molar-refractivity contribution in [3.05, 3.63) is 29.8 Å². The van der Waals surface area contributed by atoms with Crippen LogP contribution in [0.4, 0.5) is 0 Å². The molecule has 0 unspecified atom stereocenters. The highest BCUT2D eigenvalue weighted by atomic mass is 16.5. The van der Waals surface area contributed by atoms with E-state index in [1.54, 1.807) is 24.3 Å². The maximum atomic E-state index is 11.5. The normalized spacial score (nSPS) is 9.95. The Morgan fingerprint density at radius 1 is 1.24 bits per heavy atom. The molecular formula is C14H17NO6. The minimum Gasteiger partial charge on any atom is -0.484 e. The first kappa shape index (κ1) is 16.6. The van der Waals surface area contributed by atoms with Gasteiger partial charge < -0.3 is 19.9 Å². The number of carbonyl (C=O) groups is 3. The summed E-state index contributed by atoms with van der Waals surface area (Å²) >= 11 is 0. The SMILES string of the molecule is CC(=O)c1cccc(OCC(=O)NCCOCC(=O)O)c1. The van der Waals surface area contributed by atoms with E-state index >= 15 is 0 Å². The van der Waals surface area contributed by atoms with Crippen LogP contribution in [0, 0.1) is 0 Å². The summed E-state index contributed by atoms with van der Waals surface area (Å²) in [5.41, 5.74) is 0.509. The number of ether oxygens (including phenoxy) is 2. The van der Waals surface area contributed by atoms with E-state index in [0.29, 0.717) is 11.3 Å². The Morgan fingerprint density at radius 3 is 2.67 bits per heavy atom. The fourth-order valence-corrected chi connectivity index (χ4v) is 1.43. The second-order valence-electron chi connectivity index (χ2n) is 4.17. The van der Waals surface area contributed by atoms with Gasteiger partial charge in [-0.05, 0) is 19.1 Å². The van der Waals surface area contributed by atoms with Crippen LogP contribution in [0.1, 0.15) is 17.3 Å². The van der Waals surface area contributed by atoms with Gasteiger partial charge in [0.15, 0.2) is 12.4 Å². The number of amides is 1.